The zero-order chi connectivity index (χ0) is 7.94. The third kappa shape index (κ3) is 3.40. The van der Waals surface area contributed by atoms with E-state index in [-0.39, 0.29) is 5.91 Å². The maximum absolute atomic E-state index is 10.1. The molecule has 2 rings (SSSR count). The lowest BCUT2D eigenvalue weighted by Gasteiger charge is -1.80. The molecule has 1 saturated heterocycles. The van der Waals surface area contributed by atoms with Gasteiger partial charge in [0.2, 0.25) is 5.91 Å². The summed E-state index contributed by atoms with van der Waals surface area (Å²) in [6.45, 7) is 0.888. The molecule has 0 aromatic carbocycles. The summed E-state index contributed by atoms with van der Waals surface area (Å²) in [4.78, 5) is 10.1. The van der Waals surface area contributed by atoms with E-state index in [1.54, 1.807) is 12.4 Å². The maximum Gasteiger partial charge on any atom is 0.220 e. The standard InChI is InChI=1S/C4H7NO.C3H4N2/c6-4-2-1-3-5-4;1-2-4-5-3-1/h1-3H2,(H,5,6);1-3H,(H,4,5). The van der Waals surface area contributed by atoms with E-state index in [2.05, 4.69) is 15.5 Å². The highest BCUT2D eigenvalue weighted by Gasteiger charge is 2.05. The van der Waals surface area contributed by atoms with Crippen LogP contribution in [0.3, 0.4) is 0 Å². The predicted octanol–water partition coefficient (Wildman–Crippen LogP) is 0.306. The highest BCUT2D eigenvalue weighted by atomic mass is 16.1. The Balaban J connectivity index is 0.000000112. The van der Waals surface area contributed by atoms with Gasteiger partial charge in [-0.3, -0.25) is 9.89 Å². The highest BCUT2D eigenvalue weighted by Crippen LogP contribution is 1.93. The number of nitrogens with one attached hydrogen (secondary N) is 2. The number of carbonyl (C=O) groups excluding carboxylic acids is 1. The average molecular weight is 153 g/mol. The van der Waals surface area contributed by atoms with Gasteiger partial charge in [0, 0.05) is 25.4 Å². The molecule has 0 atom stereocenters. The van der Waals surface area contributed by atoms with Gasteiger partial charge >= 0.3 is 0 Å². The molecular formula is C7H11N3O. The SMILES string of the molecule is O=C1CCCN1.c1cn[nH]c1. The Hall–Kier alpha value is -1.32. The lowest BCUT2D eigenvalue weighted by molar-refractivity contribution is -0.119. The Morgan fingerprint density at radius 3 is 2.64 bits per heavy atom. The number of nitrogens with zero attached hydrogens (tertiary/aromatic N) is 1. The molecule has 2 heterocycles. The fourth-order valence-electron chi connectivity index (χ4n) is 0.780. The van der Waals surface area contributed by atoms with Gasteiger partial charge in [-0.15, -0.1) is 0 Å². The van der Waals surface area contributed by atoms with E-state index in [4.69, 9.17) is 0 Å². The zero-order valence-corrected chi connectivity index (χ0v) is 6.21. The second kappa shape index (κ2) is 4.49. The van der Waals surface area contributed by atoms with Crippen LogP contribution in [-0.2, 0) is 4.79 Å². The molecule has 1 aliphatic rings. The number of rotatable bonds is 0. The van der Waals surface area contributed by atoms with Gasteiger partial charge in [-0.2, -0.15) is 5.10 Å². The van der Waals surface area contributed by atoms with Crippen molar-refractivity contribution in [2.24, 2.45) is 0 Å². The van der Waals surface area contributed by atoms with Crippen LogP contribution in [0, 0.1) is 0 Å². The van der Waals surface area contributed by atoms with Crippen molar-refractivity contribution in [3.63, 3.8) is 0 Å². The molecule has 4 nitrogen and oxygen atoms in total. The van der Waals surface area contributed by atoms with Crippen molar-refractivity contribution in [3.05, 3.63) is 18.5 Å². The summed E-state index contributed by atoms with van der Waals surface area (Å²) in [6, 6.07) is 1.83. The van der Waals surface area contributed by atoms with Gasteiger partial charge < -0.3 is 5.32 Å². The van der Waals surface area contributed by atoms with E-state index < -0.39 is 0 Å². The summed E-state index contributed by atoms with van der Waals surface area (Å²) < 4.78 is 0. The van der Waals surface area contributed by atoms with Crippen LogP contribution in [0.4, 0.5) is 0 Å². The first-order chi connectivity index (χ1) is 5.39. The lowest BCUT2D eigenvalue weighted by Crippen LogP contribution is -2.12. The fourth-order valence-corrected chi connectivity index (χ4v) is 0.780. The summed E-state index contributed by atoms with van der Waals surface area (Å²) in [6.07, 6.45) is 5.22. The lowest BCUT2D eigenvalue weighted by atomic mass is 10.4. The molecule has 11 heavy (non-hydrogen) atoms. The molecule has 60 valence electrons. The monoisotopic (exact) mass is 153 g/mol. The number of hydrogen-bond donors (Lipinski definition) is 2. The van der Waals surface area contributed by atoms with Gasteiger partial charge in [-0.25, -0.2) is 0 Å². The van der Waals surface area contributed by atoms with Gasteiger partial charge in [-0.1, -0.05) is 0 Å². The molecule has 4 heteroatoms. The topological polar surface area (TPSA) is 57.8 Å². The van der Waals surface area contributed by atoms with Crippen molar-refractivity contribution in [1.29, 1.82) is 0 Å². The molecule has 1 aromatic heterocycles. The second-order valence-electron chi connectivity index (χ2n) is 2.22. The number of H-pyrrole nitrogens is 1. The predicted molar refractivity (Wildman–Crippen MR) is 40.8 cm³/mol. The summed E-state index contributed by atoms with van der Waals surface area (Å²) in [7, 11) is 0. The molecule has 0 aliphatic carbocycles. The van der Waals surface area contributed by atoms with Crippen molar-refractivity contribution < 1.29 is 4.79 Å². The van der Waals surface area contributed by atoms with Gasteiger partial charge in [0.1, 0.15) is 0 Å². The normalized spacial score (nSPS) is 15.1. The molecule has 1 fully saturated rings. The number of aromatic amines is 1. The quantitative estimate of drug-likeness (QED) is 0.563. The van der Waals surface area contributed by atoms with Crippen molar-refractivity contribution in [3.8, 4) is 0 Å². The van der Waals surface area contributed by atoms with Crippen LogP contribution in [0.2, 0.25) is 0 Å². The zero-order valence-electron chi connectivity index (χ0n) is 6.21. The smallest absolute Gasteiger partial charge is 0.220 e. The van der Waals surface area contributed by atoms with E-state index in [0.717, 1.165) is 19.4 Å². The third-order valence-electron chi connectivity index (χ3n) is 1.31. The van der Waals surface area contributed by atoms with Crippen LogP contribution in [0.15, 0.2) is 18.5 Å². The minimum absolute atomic E-state index is 0.204. The van der Waals surface area contributed by atoms with E-state index >= 15 is 0 Å². The molecule has 2 N–H and O–H groups in total. The second-order valence-corrected chi connectivity index (χ2v) is 2.22. The molecule has 1 aromatic rings. The Kier molecular flexibility index (Phi) is 3.18. The molecule has 0 bridgehead atoms. The van der Waals surface area contributed by atoms with Crippen molar-refractivity contribution in [2.75, 3.05) is 6.54 Å². The van der Waals surface area contributed by atoms with Crippen LogP contribution in [0.5, 0.6) is 0 Å². The molecule has 0 unspecified atom stereocenters. The van der Waals surface area contributed by atoms with Crippen molar-refractivity contribution >= 4 is 5.91 Å². The van der Waals surface area contributed by atoms with Crippen LogP contribution in [0.25, 0.3) is 0 Å². The summed E-state index contributed by atoms with van der Waals surface area (Å²) in [5.41, 5.74) is 0. The summed E-state index contributed by atoms with van der Waals surface area (Å²) in [5, 5.41) is 8.89. The number of amides is 1. The Labute approximate surface area is 65.0 Å². The minimum atomic E-state index is 0.204. The maximum atomic E-state index is 10.1. The third-order valence-corrected chi connectivity index (χ3v) is 1.31. The minimum Gasteiger partial charge on any atom is -0.356 e. The van der Waals surface area contributed by atoms with Gasteiger partial charge in [0.05, 0.1) is 0 Å². The molecule has 0 radical (unpaired) electrons. The van der Waals surface area contributed by atoms with E-state index in [9.17, 15) is 4.79 Å². The Morgan fingerprint density at radius 2 is 2.45 bits per heavy atom. The molecule has 1 aliphatic heterocycles. The Bertz CT molecular complexity index is 170. The first-order valence-electron chi connectivity index (χ1n) is 3.60. The van der Waals surface area contributed by atoms with Gasteiger partial charge in [-0.05, 0) is 12.5 Å². The van der Waals surface area contributed by atoms with Crippen LogP contribution in [0.1, 0.15) is 12.8 Å². The van der Waals surface area contributed by atoms with E-state index in [1.807, 2.05) is 6.07 Å². The average Bonchev–Trinajstić information content (AvgIpc) is 2.57. The molecule has 0 spiro atoms. The number of carbonyl (C=O) groups is 1. The number of hydrogen-bond acceptors (Lipinski definition) is 2. The Morgan fingerprint density at radius 1 is 1.55 bits per heavy atom. The van der Waals surface area contributed by atoms with Crippen molar-refractivity contribution in [2.45, 2.75) is 12.8 Å². The van der Waals surface area contributed by atoms with Crippen LogP contribution in [-0.4, -0.2) is 22.6 Å². The molecule has 1 amide bonds. The van der Waals surface area contributed by atoms with Crippen molar-refractivity contribution in [1.82, 2.24) is 15.5 Å². The number of aromatic nitrogens is 2. The first-order valence-corrected chi connectivity index (χ1v) is 3.60. The van der Waals surface area contributed by atoms with Crippen LogP contribution >= 0.6 is 0 Å². The van der Waals surface area contributed by atoms with Crippen LogP contribution < -0.4 is 5.32 Å². The summed E-state index contributed by atoms with van der Waals surface area (Å²) >= 11 is 0. The highest BCUT2D eigenvalue weighted by molar-refractivity contribution is 5.77. The first kappa shape index (κ1) is 7.78. The van der Waals surface area contributed by atoms with Gasteiger partial charge in [0.25, 0.3) is 0 Å². The molecular weight excluding hydrogens is 142 g/mol. The van der Waals surface area contributed by atoms with Gasteiger partial charge in [0.15, 0.2) is 0 Å². The van der Waals surface area contributed by atoms with E-state index in [1.165, 1.54) is 0 Å². The van der Waals surface area contributed by atoms with E-state index in [0.29, 0.717) is 0 Å². The largest absolute Gasteiger partial charge is 0.356 e. The molecule has 0 saturated carbocycles. The fraction of sp³-hybridized carbons (Fsp3) is 0.429. The summed E-state index contributed by atoms with van der Waals surface area (Å²) in [5.74, 6) is 0.204.